The van der Waals surface area contributed by atoms with Crippen LogP contribution in [0.25, 0.3) is 6.08 Å². The maximum Gasteiger partial charge on any atom is 0.268 e. The van der Waals surface area contributed by atoms with Crippen LogP contribution >= 0.6 is 11.3 Å². The van der Waals surface area contributed by atoms with Gasteiger partial charge in [-0.3, -0.25) is 10.1 Å². The van der Waals surface area contributed by atoms with Crippen LogP contribution in [0.2, 0.25) is 0 Å². The van der Waals surface area contributed by atoms with E-state index in [1.807, 2.05) is 26.0 Å². The first-order valence-corrected chi connectivity index (χ1v) is 7.94. The standard InChI is InChI=1S/C16H18N4OS/c1-4-6-20-11(2)8-13(12(20)3)9-14(10-17)15(21)19-16-18-5-7-22-16/h5,7-9H,4,6H2,1-3H3,(H,18,19,21)/b14-9+. The molecule has 0 aliphatic carbocycles. The van der Waals surface area contributed by atoms with Gasteiger partial charge in [-0.2, -0.15) is 5.26 Å². The van der Waals surface area contributed by atoms with E-state index in [1.165, 1.54) is 11.3 Å². The highest BCUT2D eigenvalue weighted by atomic mass is 32.1. The second-order valence-electron chi connectivity index (χ2n) is 4.94. The lowest BCUT2D eigenvalue weighted by atomic mass is 10.1. The van der Waals surface area contributed by atoms with E-state index in [4.69, 9.17) is 0 Å². The molecule has 6 heteroatoms. The van der Waals surface area contributed by atoms with Gasteiger partial charge in [0.15, 0.2) is 5.13 Å². The van der Waals surface area contributed by atoms with Crippen molar-refractivity contribution in [1.82, 2.24) is 9.55 Å². The number of carbonyl (C=O) groups excluding carboxylic acids is 1. The average molecular weight is 314 g/mol. The average Bonchev–Trinajstić information content (AvgIpc) is 3.08. The highest BCUT2D eigenvalue weighted by molar-refractivity contribution is 7.13. The molecule has 1 amide bonds. The Morgan fingerprint density at radius 1 is 1.55 bits per heavy atom. The Kier molecular flexibility index (Phi) is 5.12. The minimum Gasteiger partial charge on any atom is -0.349 e. The van der Waals surface area contributed by atoms with Crippen molar-refractivity contribution < 1.29 is 4.79 Å². The minimum absolute atomic E-state index is 0.0759. The van der Waals surface area contributed by atoms with Crippen molar-refractivity contribution >= 4 is 28.5 Å². The van der Waals surface area contributed by atoms with E-state index < -0.39 is 5.91 Å². The van der Waals surface area contributed by atoms with Crippen LogP contribution in [0, 0.1) is 25.2 Å². The van der Waals surface area contributed by atoms with Crippen LogP contribution in [0.4, 0.5) is 5.13 Å². The third-order valence-corrected chi connectivity index (χ3v) is 4.07. The van der Waals surface area contributed by atoms with E-state index in [2.05, 4.69) is 21.8 Å². The molecule has 0 spiro atoms. The molecular weight excluding hydrogens is 296 g/mol. The number of amides is 1. The predicted octanol–water partition coefficient (Wildman–Crippen LogP) is 3.52. The third-order valence-electron chi connectivity index (χ3n) is 3.38. The highest BCUT2D eigenvalue weighted by Gasteiger charge is 2.13. The van der Waals surface area contributed by atoms with E-state index in [9.17, 15) is 10.1 Å². The fourth-order valence-electron chi connectivity index (χ4n) is 2.30. The van der Waals surface area contributed by atoms with Crippen LogP contribution in [0.15, 0.2) is 23.2 Å². The summed E-state index contributed by atoms with van der Waals surface area (Å²) in [4.78, 5) is 16.1. The molecule has 22 heavy (non-hydrogen) atoms. The number of rotatable bonds is 5. The predicted molar refractivity (Wildman–Crippen MR) is 88.5 cm³/mol. The van der Waals surface area contributed by atoms with Gasteiger partial charge in [-0.25, -0.2) is 4.98 Å². The number of thiazole rings is 1. The van der Waals surface area contributed by atoms with Crippen molar-refractivity contribution in [2.45, 2.75) is 33.7 Å². The van der Waals surface area contributed by atoms with E-state index in [0.717, 1.165) is 29.9 Å². The van der Waals surface area contributed by atoms with Crippen LogP contribution in [0.3, 0.4) is 0 Å². The van der Waals surface area contributed by atoms with Crippen LogP contribution in [-0.2, 0) is 11.3 Å². The summed E-state index contributed by atoms with van der Waals surface area (Å²) in [6.07, 6.45) is 4.28. The molecule has 0 aromatic carbocycles. The number of aryl methyl sites for hydroxylation is 1. The summed E-state index contributed by atoms with van der Waals surface area (Å²) in [6, 6.07) is 3.97. The van der Waals surface area contributed by atoms with Gasteiger partial charge < -0.3 is 4.57 Å². The number of aromatic nitrogens is 2. The fourth-order valence-corrected chi connectivity index (χ4v) is 2.82. The molecule has 2 heterocycles. The number of hydrogen-bond acceptors (Lipinski definition) is 4. The Hall–Kier alpha value is -2.39. The normalized spacial score (nSPS) is 11.3. The monoisotopic (exact) mass is 314 g/mol. The zero-order valence-corrected chi connectivity index (χ0v) is 13.7. The van der Waals surface area contributed by atoms with E-state index in [-0.39, 0.29) is 5.57 Å². The van der Waals surface area contributed by atoms with Gasteiger partial charge in [-0.15, -0.1) is 11.3 Å². The van der Waals surface area contributed by atoms with Crippen molar-refractivity contribution in [2.24, 2.45) is 0 Å². The molecule has 0 radical (unpaired) electrons. The Morgan fingerprint density at radius 3 is 2.91 bits per heavy atom. The number of anilines is 1. The van der Waals surface area contributed by atoms with Crippen molar-refractivity contribution in [3.63, 3.8) is 0 Å². The molecule has 114 valence electrons. The van der Waals surface area contributed by atoms with Gasteiger partial charge in [-0.1, -0.05) is 6.92 Å². The number of nitrogens with zero attached hydrogens (tertiary/aromatic N) is 3. The molecule has 0 saturated carbocycles. The Bertz CT molecular complexity index is 735. The minimum atomic E-state index is -0.433. The Labute approximate surface area is 133 Å². The molecule has 0 fully saturated rings. The zero-order valence-electron chi connectivity index (χ0n) is 12.9. The van der Waals surface area contributed by atoms with Crippen molar-refractivity contribution in [3.05, 3.63) is 40.2 Å². The third kappa shape index (κ3) is 3.43. The lowest BCUT2D eigenvalue weighted by molar-refractivity contribution is -0.112. The fraction of sp³-hybridized carbons (Fsp3) is 0.312. The summed E-state index contributed by atoms with van der Waals surface area (Å²) in [7, 11) is 0. The summed E-state index contributed by atoms with van der Waals surface area (Å²) in [6.45, 7) is 7.08. The topological polar surface area (TPSA) is 70.7 Å². The number of hydrogen-bond donors (Lipinski definition) is 1. The first kappa shape index (κ1) is 16.0. The summed E-state index contributed by atoms with van der Waals surface area (Å²) >= 11 is 1.32. The first-order valence-electron chi connectivity index (χ1n) is 7.06. The van der Waals surface area contributed by atoms with Crippen LogP contribution in [0.1, 0.15) is 30.3 Å². The Balaban J connectivity index is 2.27. The van der Waals surface area contributed by atoms with Gasteiger partial charge in [0.1, 0.15) is 11.6 Å². The molecule has 0 atom stereocenters. The lowest BCUT2D eigenvalue weighted by Crippen LogP contribution is -2.13. The van der Waals surface area contributed by atoms with Gasteiger partial charge >= 0.3 is 0 Å². The molecule has 0 bridgehead atoms. The summed E-state index contributed by atoms with van der Waals surface area (Å²) < 4.78 is 2.19. The van der Waals surface area contributed by atoms with Gasteiger partial charge in [-0.05, 0) is 38.0 Å². The molecule has 0 aliphatic heterocycles. The molecule has 0 saturated heterocycles. The summed E-state index contributed by atoms with van der Waals surface area (Å²) in [5.41, 5.74) is 3.17. The molecular formula is C16H18N4OS. The molecule has 2 aromatic heterocycles. The van der Waals surface area contributed by atoms with E-state index in [0.29, 0.717) is 5.13 Å². The molecule has 5 nitrogen and oxygen atoms in total. The molecule has 1 N–H and O–H groups in total. The maximum atomic E-state index is 12.1. The van der Waals surface area contributed by atoms with Crippen molar-refractivity contribution in [2.75, 3.05) is 5.32 Å². The van der Waals surface area contributed by atoms with Crippen LogP contribution in [-0.4, -0.2) is 15.5 Å². The van der Waals surface area contributed by atoms with Gasteiger partial charge in [0, 0.05) is 29.5 Å². The zero-order chi connectivity index (χ0) is 16.1. The number of nitriles is 1. The number of nitrogens with one attached hydrogen (secondary N) is 1. The van der Waals surface area contributed by atoms with Gasteiger partial charge in [0.25, 0.3) is 5.91 Å². The SMILES string of the molecule is CCCn1c(C)cc(/C=C(\C#N)C(=O)Nc2nccs2)c1C. The smallest absolute Gasteiger partial charge is 0.268 e. The van der Waals surface area contributed by atoms with Crippen molar-refractivity contribution in [1.29, 1.82) is 5.26 Å². The van der Waals surface area contributed by atoms with Crippen molar-refractivity contribution in [3.8, 4) is 6.07 Å². The van der Waals surface area contributed by atoms with Crippen LogP contribution in [0.5, 0.6) is 0 Å². The Morgan fingerprint density at radius 2 is 2.32 bits per heavy atom. The first-order chi connectivity index (χ1) is 10.6. The molecule has 2 rings (SSSR count). The van der Waals surface area contributed by atoms with E-state index in [1.54, 1.807) is 17.7 Å². The summed E-state index contributed by atoms with van der Waals surface area (Å²) in [5.74, 6) is -0.433. The quantitative estimate of drug-likeness (QED) is 0.678. The highest BCUT2D eigenvalue weighted by Crippen LogP contribution is 2.19. The summed E-state index contributed by atoms with van der Waals surface area (Å²) in [5, 5.41) is 14.1. The second kappa shape index (κ2) is 7.05. The second-order valence-corrected chi connectivity index (χ2v) is 5.83. The maximum absolute atomic E-state index is 12.1. The largest absolute Gasteiger partial charge is 0.349 e. The lowest BCUT2D eigenvalue weighted by Gasteiger charge is -2.07. The van der Waals surface area contributed by atoms with Gasteiger partial charge in [0.05, 0.1) is 0 Å². The molecule has 2 aromatic rings. The molecule has 0 unspecified atom stereocenters. The number of carbonyl (C=O) groups is 1. The molecule has 0 aliphatic rings. The van der Waals surface area contributed by atoms with E-state index >= 15 is 0 Å². The van der Waals surface area contributed by atoms with Gasteiger partial charge in [0.2, 0.25) is 0 Å². The van der Waals surface area contributed by atoms with Crippen LogP contribution < -0.4 is 5.32 Å².